The highest BCUT2D eigenvalue weighted by Gasteiger charge is 2.25. The molecule has 0 radical (unpaired) electrons. The summed E-state index contributed by atoms with van der Waals surface area (Å²) in [7, 11) is 0. The van der Waals surface area contributed by atoms with E-state index in [1.54, 1.807) is 11.3 Å². The van der Waals surface area contributed by atoms with Crippen molar-refractivity contribution in [3.8, 4) is 0 Å². The molecule has 0 spiro atoms. The van der Waals surface area contributed by atoms with Gasteiger partial charge in [-0.2, -0.15) is 0 Å². The van der Waals surface area contributed by atoms with Gasteiger partial charge in [-0.25, -0.2) is 4.79 Å². The fourth-order valence-corrected chi connectivity index (χ4v) is 2.49. The molecule has 0 bridgehead atoms. The third kappa shape index (κ3) is 1.50. The maximum atomic E-state index is 11.2. The third-order valence-corrected chi connectivity index (χ3v) is 3.24. The highest BCUT2D eigenvalue weighted by atomic mass is 32.1. The molecule has 1 aliphatic heterocycles. The third-order valence-electron chi connectivity index (χ3n) is 2.29. The van der Waals surface area contributed by atoms with Crippen LogP contribution < -0.4 is 0 Å². The molecule has 0 unspecified atom stereocenters. The molecule has 1 aromatic heterocycles. The molecule has 2 heterocycles. The van der Waals surface area contributed by atoms with Crippen molar-refractivity contribution in [2.24, 2.45) is 0 Å². The molecule has 14 heavy (non-hydrogen) atoms. The Kier molecular flexibility index (Phi) is 2.25. The van der Waals surface area contributed by atoms with Gasteiger partial charge < -0.3 is 10.0 Å². The number of hydrogen-bond acceptors (Lipinski definition) is 3. The molecule has 0 fully saturated rings. The summed E-state index contributed by atoms with van der Waals surface area (Å²) in [6.07, 6.45) is 0.762. The van der Waals surface area contributed by atoms with Crippen molar-refractivity contribution < 1.29 is 14.7 Å². The molecule has 1 amide bonds. The van der Waals surface area contributed by atoms with Crippen LogP contribution in [0.15, 0.2) is 11.4 Å². The van der Waals surface area contributed by atoms with Crippen LogP contribution in [0.3, 0.4) is 0 Å². The van der Waals surface area contributed by atoms with Crippen molar-refractivity contribution in [2.45, 2.75) is 13.0 Å². The van der Waals surface area contributed by atoms with E-state index in [-0.39, 0.29) is 0 Å². The van der Waals surface area contributed by atoms with Crippen molar-refractivity contribution in [1.29, 1.82) is 0 Å². The minimum absolute atomic E-state index is 0.443. The second-order valence-corrected chi connectivity index (χ2v) is 4.15. The summed E-state index contributed by atoms with van der Waals surface area (Å²) in [6.45, 7) is 0.951. The lowest BCUT2D eigenvalue weighted by atomic mass is 10.1. The minimum atomic E-state index is -1.37. The van der Waals surface area contributed by atoms with E-state index in [9.17, 15) is 9.59 Å². The van der Waals surface area contributed by atoms with Crippen LogP contribution >= 0.6 is 11.3 Å². The van der Waals surface area contributed by atoms with Gasteiger partial charge in [0.2, 0.25) is 0 Å². The fourth-order valence-electron chi connectivity index (χ4n) is 1.54. The van der Waals surface area contributed by atoms with E-state index in [1.165, 1.54) is 10.5 Å². The first-order valence-corrected chi connectivity index (χ1v) is 5.14. The Morgan fingerprint density at radius 1 is 1.50 bits per heavy atom. The zero-order chi connectivity index (χ0) is 10.1. The molecular formula is C9H9NO3S. The monoisotopic (exact) mass is 211 g/mol. The van der Waals surface area contributed by atoms with Crippen LogP contribution in [0.1, 0.15) is 10.4 Å². The number of carbonyl (C=O) groups excluding carboxylic acids is 1. The van der Waals surface area contributed by atoms with Crippen molar-refractivity contribution in [1.82, 2.24) is 4.90 Å². The number of carboxylic acids is 1. The number of nitrogens with zero attached hydrogens (tertiary/aromatic N) is 1. The van der Waals surface area contributed by atoms with Gasteiger partial charge in [0, 0.05) is 11.4 Å². The Hall–Kier alpha value is -1.36. The second-order valence-electron chi connectivity index (χ2n) is 3.15. The zero-order valence-corrected chi connectivity index (χ0v) is 8.21. The summed E-state index contributed by atoms with van der Waals surface area (Å²) >= 11 is 1.57. The molecule has 2 rings (SSSR count). The maximum absolute atomic E-state index is 11.2. The summed E-state index contributed by atoms with van der Waals surface area (Å²) in [5, 5.41) is 10.5. The molecule has 5 heteroatoms. The first-order chi connectivity index (χ1) is 6.68. The number of thiophene rings is 1. The van der Waals surface area contributed by atoms with Gasteiger partial charge in [-0.1, -0.05) is 0 Å². The van der Waals surface area contributed by atoms with Gasteiger partial charge in [0.25, 0.3) is 0 Å². The fraction of sp³-hybridized carbons (Fsp3) is 0.333. The molecule has 74 valence electrons. The molecule has 0 saturated carbocycles. The summed E-state index contributed by atoms with van der Waals surface area (Å²) in [4.78, 5) is 24.1. The van der Waals surface area contributed by atoms with Crippen LogP contribution in [-0.2, 0) is 22.6 Å². The molecule has 0 saturated heterocycles. The molecule has 0 atom stereocenters. The molecule has 0 aromatic carbocycles. The van der Waals surface area contributed by atoms with Gasteiger partial charge in [0.1, 0.15) is 0 Å². The zero-order valence-electron chi connectivity index (χ0n) is 7.40. The van der Waals surface area contributed by atoms with Gasteiger partial charge in [-0.15, -0.1) is 11.3 Å². The Morgan fingerprint density at radius 3 is 3.00 bits per heavy atom. The summed E-state index contributed by atoms with van der Waals surface area (Å²) in [5.74, 6) is -2.17. The van der Waals surface area contributed by atoms with Crippen LogP contribution in [0.25, 0.3) is 0 Å². The predicted molar refractivity (Wildman–Crippen MR) is 51.1 cm³/mol. The Bertz CT molecular complexity index is 385. The van der Waals surface area contributed by atoms with Gasteiger partial charge in [0.15, 0.2) is 0 Å². The molecule has 0 aliphatic carbocycles. The van der Waals surface area contributed by atoms with E-state index in [2.05, 4.69) is 0 Å². The van der Waals surface area contributed by atoms with Crippen LogP contribution in [0.5, 0.6) is 0 Å². The topological polar surface area (TPSA) is 57.6 Å². The van der Waals surface area contributed by atoms with E-state index in [0.29, 0.717) is 13.1 Å². The highest BCUT2D eigenvalue weighted by molar-refractivity contribution is 7.10. The summed E-state index contributed by atoms with van der Waals surface area (Å²) < 4.78 is 0. The first-order valence-electron chi connectivity index (χ1n) is 4.26. The van der Waals surface area contributed by atoms with Crippen LogP contribution in [0.4, 0.5) is 0 Å². The Morgan fingerprint density at radius 2 is 2.29 bits per heavy atom. The van der Waals surface area contributed by atoms with Crippen molar-refractivity contribution in [2.75, 3.05) is 6.54 Å². The number of amides is 1. The number of aliphatic carboxylic acids is 1. The predicted octanol–water partition coefficient (Wildman–Crippen LogP) is 0.717. The maximum Gasteiger partial charge on any atom is 0.394 e. The van der Waals surface area contributed by atoms with E-state index < -0.39 is 11.9 Å². The molecule has 1 aliphatic rings. The van der Waals surface area contributed by atoms with Crippen LogP contribution in [0, 0.1) is 0 Å². The number of rotatable bonds is 0. The molecule has 1 N–H and O–H groups in total. The number of carbonyl (C=O) groups is 2. The normalized spacial score (nSPS) is 15.0. The summed E-state index contributed by atoms with van der Waals surface area (Å²) in [6, 6.07) is 2.03. The van der Waals surface area contributed by atoms with Gasteiger partial charge >= 0.3 is 11.9 Å². The largest absolute Gasteiger partial charge is 0.474 e. The molecular weight excluding hydrogens is 202 g/mol. The van der Waals surface area contributed by atoms with Gasteiger partial charge in [-0.3, -0.25) is 4.79 Å². The second kappa shape index (κ2) is 3.42. The Balaban J connectivity index is 2.15. The first kappa shape index (κ1) is 9.21. The quantitative estimate of drug-likeness (QED) is 0.643. The molecule has 1 aromatic rings. The lowest BCUT2D eigenvalue weighted by Gasteiger charge is -2.24. The number of hydrogen-bond donors (Lipinski definition) is 1. The van der Waals surface area contributed by atoms with Crippen molar-refractivity contribution >= 4 is 23.2 Å². The van der Waals surface area contributed by atoms with E-state index in [1.807, 2.05) is 11.4 Å². The van der Waals surface area contributed by atoms with Gasteiger partial charge in [0.05, 0.1) is 6.54 Å². The van der Waals surface area contributed by atoms with E-state index >= 15 is 0 Å². The van der Waals surface area contributed by atoms with Crippen LogP contribution in [-0.4, -0.2) is 28.4 Å². The number of carboxylic acid groups (broad SMARTS) is 1. The van der Waals surface area contributed by atoms with Crippen molar-refractivity contribution in [3.63, 3.8) is 0 Å². The smallest absolute Gasteiger partial charge is 0.394 e. The van der Waals surface area contributed by atoms with Gasteiger partial charge in [-0.05, 0) is 23.4 Å². The average molecular weight is 211 g/mol. The van der Waals surface area contributed by atoms with E-state index in [4.69, 9.17) is 5.11 Å². The average Bonchev–Trinajstić information content (AvgIpc) is 2.62. The highest BCUT2D eigenvalue weighted by Crippen LogP contribution is 2.23. The van der Waals surface area contributed by atoms with Crippen LogP contribution in [0.2, 0.25) is 0 Å². The lowest BCUT2D eigenvalue weighted by Crippen LogP contribution is -2.39. The summed E-state index contributed by atoms with van der Waals surface area (Å²) in [5.41, 5.74) is 1.24. The lowest BCUT2D eigenvalue weighted by molar-refractivity contribution is -0.156. The van der Waals surface area contributed by atoms with E-state index in [0.717, 1.165) is 11.3 Å². The molecule has 4 nitrogen and oxygen atoms in total. The minimum Gasteiger partial charge on any atom is -0.474 e. The Labute approximate surface area is 84.8 Å². The standard InChI is InChI=1S/C9H9NO3S/c11-8(9(12)13)10-3-1-6-2-4-14-7(6)5-10/h2,4H,1,3,5H2,(H,12,13). The van der Waals surface area contributed by atoms with Crippen molar-refractivity contribution in [3.05, 3.63) is 21.9 Å². The SMILES string of the molecule is O=C(O)C(=O)N1CCc2ccsc2C1. The number of fused-ring (bicyclic) bond motifs is 1.